The molecular weight excluding hydrogens is 416 g/mol. The Morgan fingerprint density at radius 3 is 2.42 bits per heavy atom. The van der Waals surface area contributed by atoms with E-state index in [2.05, 4.69) is 39.5 Å². The van der Waals surface area contributed by atoms with Crippen molar-refractivity contribution in [2.75, 3.05) is 43.4 Å². The summed E-state index contributed by atoms with van der Waals surface area (Å²) >= 11 is 0. The maximum absolute atomic E-state index is 12.6. The van der Waals surface area contributed by atoms with E-state index in [1.807, 2.05) is 51.1 Å². The van der Waals surface area contributed by atoms with Crippen molar-refractivity contribution in [1.29, 1.82) is 0 Å². The lowest BCUT2D eigenvalue weighted by atomic mass is 10.1. The summed E-state index contributed by atoms with van der Waals surface area (Å²) in [6.07, 6.45) is 0.309. The highest BCUT2D eigenvalue weighted by Crippen LogP contribution is 2.24. The number of anilines is 2. The van der Waals surface area contributed by atoms with E-state index in [0.717, 1.165) is 65.8 Å². The van der Waals surface area contributed by atoms with Gasteiger partial charge in [-0.2, -0.15) is 0 Å². The Labute approximate surface area is 195 Å². The van der Waals surface area contributed by atoms with Crippen molar-refractivity contribution in [2.24, 2.45) is 0 Å². The van der Waals surface area contributed by atoms with Gasteiger partial charge in [-0.05, 0) is 69.3 Å². The zero-order valence-corrected chi connectivity index (χ0v) is 19.9. The molecule has 4 rings (SSSR count). The van der Waals surface area contributed by atoms with E-state index < -0.39 is 0 Å². The largest absolute Gasteiger partial charge is 0.489 e. The standard InChI is InChI=1S/C26H32N4O3/c1-18-15-22(30-13-11-29(4)12-14-30)7-10-25(18)27-26(31)16-21-5-8-23(9-6-21)32-17-24-19(2)28-33-20(24)3/h5-10,15H,11-14,16-17H2,1-4H3,(H,27,31). The Balaban J connectivity index is 1.30. The number of piperazine rings is 1. The number of hydrogen-bond donors (Lipinski definition) is 1. The molecule has 0 unspecified atom stereocenters. The molecule has 2 aromatic carbocycles. The third kappa shape index (κ3) is 5.73. The minimum absolute atomic E-state index is 0.0326. The van der Waals surface area contributed by atoms with Crippen LogP contribution in [0.5, 0.6) is 5.75 Å². The molecule has 1 fully saturated rings. The zero-order chi connectivity index (χ0) is 23.4. The number of carbonyl (C=O) groups excluding carboxylic acids is 1. The summed E-state index contributed by atoms with van der Waals surface area (Å²) in [5.74, 6) is 1.48. The first-order valence-corrected chi connectivity index (χ1v) is 11.4. The minimum Gasteiger partial charge on any atom is -0.489 e. The Kier molecular flexibility index (Phi) is 6.99. The Morgan fingerprint density at radius 2 is 1.79 bits per heavy atom. The Hall–Kier alpha value is -3.32. The Morgan fingerprint density at radius 1 is 1.06 bits per heavy atom. The number of carbonyl (C=O) groups is 1. The third-order valence-corrected chi connectivity index (χ3v) is 6.20. The summed E-state index contributed by atoms with van der Waals surface area (Å²) in [7, 11) is 2.16. The topological polar surface area (TPSA) is 70.8 Å². The van der Waals surface area contributed by atoms with Crippen LogP contribution in [0.2, 0.25) is 0 Å². The van der Waals surface area contributed by atoms with E-state index in [1.165, 1.54) is 5.69 Å². The second kappa shape index (κ2) is 10.1. The van der Waals surface area contributed by atoms with Crippen molar-refractivity contribution in [3.8, 4) is 5.75 Å². The lowest BCUT2D eigenvalue weighted by molar-refractivity contribution is -0.115. The van der Waals surface area contributed by atoms with Crippen molar-refractivity contribution < 1.29 is 14.1 Å². The predicted octanol–water partition coefficient (Wildman–Crippen LogP) is 4.11. The van der Waals surface area contributed by atoms with Gasteiger partial charge >= 0.3 is 0 Å². The number of aromatic nitrogens is 1. The lowest BCUT2D eigenvalue weighted by Crippen LogP contribution is -2.44. The SMILES string of the molecule is Cc1cc(N2CCN(C)CC2)ccc1NC(=O)Cc1ccc(OCc2c(C)noc2C)cc1. The van der Waals surface area contributed by atoms with Gasteiger partial charge in [-0.3, -0.25) is 4.79 Å². The molecular formula is C26H32N4O3. The van der Waals surface area contributed by atoms with Crippen LogP contribution >= 0.6 is 0 Å². The van der Waals surface area contributed by atoms with Crippen molar-refractivity contribution in [2.45, 2.75) is 33.8 Å². The van der Waals surface area contributed by atoms with Crippen LogP contribution in [0.25, 0.3) is 0 Å². The fraction of sp³-hybridized carbons (Fsp3) is 0.385. The van der Waals surface area contributed by atoms with Crippen molar-refractivity contribution in [1.82, 2.24) is 10.1 Å². The van der Waals surface area contributed by atoms with Crippen LogP contribution in [-0.4, -0.2) is 49.2 Å². The summed E-state index contributed by atoms with van der Waals surface area (Å²) in [5.41, 5.74) is 5.88. The van der Waals surface area contributed by atoms with Gasteiger partial charge in [0.25, 0.3) is 0 Å². The number of ether oxygens (including phenoxy) is 1. The highest BCUT2D eigenvalue weighted by atomic mass is 16.5. The van der Waals surface area contributed by atoms with Crippen LogP contribution < -0.4 is 15.0 Å². The van der Waals surface area contributed by atoms with Gasteiger partial charge in [0.05, 0.1) is 17.7 Å². The molecule has 7 nitrogen and oxygen atoms in total. The van der Waals surface area contributed by atoms with Crippen LogP contribution in [0.1, 0.15) is 28.1 Å². The van der Waals surface area contributed by atoms with E-state index >= 15 is 0 Å². The van der Waals surface area contributed by atoms with Gasteiger partial charge in [0.15, 0.2) is 0 Å². The molecule has 0 bridgehead atoms. The monoisotopic (exact) mass is 448 g/mol. The molecule has 1 amide bonds. The van der Waals surface area contributed by atoms with Crippen LogP contribution in [0, 0.1) is 20.8 Å². The van der Waals surface area contributed by atoms with E-state index in [-0.39, 0.29) is 5.91 Å². The summed E-state index contributed by atoms with van der Waals surface area (Å²) < 4.78 is 11.0. The highest BCUT2D eigenvalue weighted by molar-refractivity contribution is 5.93. The molecule has 0 radical (unpaired) electrons. The van der Waals surface area contributed by atoms with E-state index in [9.17, 15) is 4.79 Å². The molecule has 2 heterocycles. The second-order valence-corrected chi connectivity index (χ2v) is 8.75. The van der Waals surface area contributed by atoms with E-state index in [4.69, 9.17) is 9.26 Å². The molecule has 1 saturated heterocycles. The zero-order valence-electron chi connectivity index (χ0n) is 19.9. The Bertz CT molecular complexity index is 1080. The van der Waals surface area contributed by atoms with Crippen molar-refractivity contribution >= 4 is 17.3 Å². The molecule has 0 saturated carbocycles. The normalized spacial score (nSPS) is 14.4. The molecule has 7 heteroatoms. The lowest BCUT2D eigenvalue weighted by Gasteiger charge is -2.34. The van der Waals surface area contributed by atoms with Crippen molar-refractivity contribution in [3.05, 3.63) is 70.6 Å². The number of rotatable bonds is 7. The maximum Gasteiger partial charge on any atom is 0.228 e. The molecule has 3 aromatic rings. The molecule has 33 heavy (non-hydrogen) atoms. The van der Waals surface area contributed by atoms with Crippen LogP contribution in [0.15, 0.2) is 47.0 Å². The van der Waals surface area contributed by atoms with E-state index in [0.29, 0.717) is 13.0 Å². The van der Waals surface area contributed by atoms with Crippen molar-refractivity contribution in [3.63, 3.8) is 0 Å². The smallest absolute Gasteiger partial charge is 0.228 e. The fourth-order valence-corrected chi connectivity index (χ4v) is 4.00. The molecule has 0 aliphatic carbocycles. The first-order chi connectivity index (χ1) is 15.9. The molecule has 0 spiro atoms. The average molecular weight is 449 g/mol. The number of benzene rings is 2. The summed E-state index contributed by atoms with van der Waals surface area (Å²) in [5, 5.41) is 7.00. The first kappa shape index (κ1) is 22.9. The number of nitrogens with zero attached hydrogens (tertiary/aromatic N) is 3. The molecule has 1 aliphatic rings. The van der Waals surface area contributed by atoms with Gasteiger partial charge in [0, 0.05) is 37.6 Å². The second-order valence-electron chi connectivity index (χ2n) is 8.75. The van der Waals surface area contributed by atoms with Crippen LogP contribution in [0.4, 0.5) is 11.4 Å². The summed E-state index contributed by atoms with van der Waals surface area (Å²) in [4.78, 5) is 17.4. The summed E-state index contributed by atoms with van der Waals surface area (Å²) in [6, 6.07) is 13.9. The number of aryl methyl sites for hydroxylation is 3. The van der Waals surface area contributed by atoms with Gasteiger partial charge in [0.1, 0.15) is 18.1 Å². The van der Waals surface area contributed by atoms with Gasteiger partial charge in [0.2, 0.25) is 5.91 Å². The summed E-state index contributed by atoms with van der Waals surface area (Å²) in [6.45, 7) is 10.4. The van der Waals surface area contributed by atoms with Crippen LogP contribution in [0.3, 0.4) is 0 Å². The fourth-order valence-electron chi connectivity index (χ4n) is 4.00. The van der Waals surface area contributed by atoms with Gasteiger partial charge < -0.3 is 24.4 Å². The molecule has 1 aromatic heterocycles. The van der Waals surface area contributed by atoms with Gasteiger partial charge in [-0.15, -0.1) is 0 Å². The third-order valence-electron chi connectivity index (χ3n) is 6.20. The number of nitrogens with one attached hydrogen (secondary N) is 1. The molecule has 1 aliphatic heterocycles. The number of hydrogen-bond acceptors (Lipinski definition) is 6. The number of amides is 1. The first-order valence-electron chi connectivity index (χ1n) is 11.4. The molecule has 174 valence electrons. The van der Waals surface area contributed by atoms with Gasteiger partial charge in [-0.1, -0.05) is 17.3 Å². The highest BCUT2D eigenvalue weighted by Gasteiger charge is 2.15. The molecule has 1 N–H and O–H groups in total. The van der Waals surface area contributed by atoms with Gasteiger partial charge in [-0.25, -0.2) is 0 Å². The minimum atomic E-state index is -0.0326. The average Bonchev–Trinajstić information content (AvgIpc) is 3.12. The van der Waals surface area contributed by atoms with Crippen LogP contribution in [-0.2, 0) is 17.8 Å². The van der Waals surface area contributed by atoms with E-state index in [1.54, 1.807) is 0 Å². The maximum atomic E-state index is 12.6. The molecule has 0 atom stereocenters. The number of likely N-dealkylation sites (N-methyl/N-ethyl adjacent to an activating group) is 1. The quantitative estimate of drug-likeness (QED) is 0.587. The predicted molar refractivity (Wildman–Crippen MR) is 130 cm³/mol.